The lowest BCUT2D eigenvalue weighted by Gasteiger charge is -2.10. The van der Waals surface area contributed by atoms with Gasteiger partial charge in [-0.2, -0.15) is 0 Å². The van der Waals surface area contributed by atoms with Crippen molar-refractivity contribution in [3.8, 4) is 11.4 Å². The molecule has 1 aromatic heterocycles. The number of sulfonamides is 1. The first-order valence-corrected chi connectivity index (χ1v) is 10.9. The highest BCUT2D eigenvalue weighted by atomic mass is 32.2. The van der Waals surface area contributed by atoms with Crippen molar-refractivity contribution in [1.29, 1.82) is 0 Å². The minimum atomic E-state index is -3.68. The molecule has 2 aromatic carbocycles. The number of nitrogens with two attached hydrogens (primary N) is 1. The Labute approximate surface area is 163 Å². The monoisotopic (exact) mass is 403 g/mol. The van der Waals surface area contributed by atoms with E-state index in [0.717, 1.165) is 10.8 Å². The number of nitrogens with zero attached hydrogens (tertiary/aromatic N) is 2. The molecule has 0 unspecified atom stereocenters. The van der Waals surface area contributed by atoms with Crippen molar-refractivity contribution in [2.45, 2.75) is 23.9 Å². The standard InChI is InChI=1S/C19H21N3O3S2/c1-14-11-15(2)13-16(12-14)22-8-7-21-19(22)26-10-9-25-17-3-5-18(6-4-17)27(20,23)24/h3-8,11-13H,9-10H2,1-2H3,(H2,20,23,24). The van der Waals surface area contributed by atoms with Gasteiger partial charge in [0.25, 0.3) is 0 Å². The van der Waals surface area contributed by atoms with Gasteiger partial charge in [-0.25, -0.2) is 18.5 Å². The number of benzene rings is 2. The van der Waals surface area contributed by atoms with Crippen molar-refractivity contribution < 1.29 is 13.2 Å². The average Bonchev–Trinajstić information content (AvgIpc) is 3.06. The van der Waals surface area contributed by atoms with Crippen LogP contribution in [0.3, 0.4) is 0 Å². The first-order valence-electron chi connectivity index (χ1n) is 8.33. The van der Waals surface area contributed by atoms with E-state index in [0.29, 0.717) is 18.1 Å². The smallest absolute Gasteiger partial charge is 0.238 e. The van der Waals surface area contributed by atoms with Crippen LogP contribution < -0.4 is 9.88 Å². The van der Waals surface area contributed by atoms with Gasteiger partial charge in [-0.15, -0.1) is 0 Å². The van der Waals surface area contributed by atoms with Crippen LogP contribution in [0, 0.1) is 13.8 Å². The van der Waals surface area contributed by atoms with Crippen molar-refractivity contribution in [1.82, 2.24) is 9.55 Å². The molecule has 1 heterocycles. The highest BCUT2D eigenvalue weighted by molar-refractivity contribution is 7.99. The van der Waals surface area contributed by atoms with Crippen LogP contribution in [-0.4, -0.2) is 30.3 Å². The molecule has 142 valence electrons. The Kier molecular flexibility index (Phi) is 5.88. The number of imidazole rings is 1. The Morgan fingerprint density at radius 3 is 2.41 bits per heavy atom. The van der Waals surface area contributed by atoms with Crippen LogP contribution in [0.15, 0.2) is 64.9 Å². The van der Waals surface area contributed by atoms with E-state index in [2.05, 4.69) is 41.6 Å². The van der Waals surface area contributed by atoms with Gasteiger partial charge in [0.1, 0.15) is 5.75 Å². The van der Waals surface area contributed by atoms with E-state index in [4.69, 9.17) is 9.88 Å². The molecule has 6 nitrogen and oxygen atoms in total. The van der Waals surface area contributed by atoms with Gasteiger partial charge in [0.2, 0.25) is 10.0 Å². The summed E-state index contributed by atoms with van der Waals surface area (Å²) in [6.45, 7) is 4.63. The normalized spacial score (nSPS) is 11.5. The van der Waals surface area contributed by atoms with Gasteiger partial charge >= 0.3 is 0 Å². The number of aromatic nitrogens is 2. The number of primary sulfonamides is 1. The molecule has 2 N–H and O–H groups in total. The Morgan fingerprint density at radius 1 is 1.11 bits per heavy atom. The van der Waals surface area contributed by atoms with Gasteiger partial charge in [-0.3, -0.25) is 4.57 Å². The maximum absolute atomic E-state index is 11.3. The van der Waals surface area contributed by atoms with Gasteiger partial charge in [-0.05, 0) is 61.4 Å². The van der Waals surface area contributed by atoms with Gasteiger partial charge in [0.15, 0.2) is 5.16 Å². The lowest BCUT2D eigenvalue weighted by molar-refractivity contribution is 0.343. The highest BCUT2D eigenvalue weighted by Gasteiger charge is 2.08. The Bertz CT molecular complexity index is 1010. The molecule has 0 aliphatic rings. The molecular weight excluding hydrogens is 382 g/mol. The second-order valence-corrected chi connectivity index (χ2v) is 8.76. The van der Waals surface area contributed by atoms with Crippen LogP contribution in [-0.2, 0) is 10.0 Å². The number of aryl methyl sites for hydroxylation is 2. The lowest BCUT2D eigenvalue weighted by atomic mass is 10.1. The van der Waals surface area contributed by atoms with Crippen molar-refractivity contribution in [2.75, 3.05) is 12.4 Å². The van der Waals surface area contributed by atoms with Crippen LogP contribution in [0.25, 0.3) is 5.69 Å². The van der Waals surface area contributed by atoms with E-state index < -0.39 is 10.0 Å². The fourth-order valence-electron chi connectivity index (χ4n) is 2.70. The summed E-state index contributed by atoms with van der Waals surface area (Å²) in [7, 11) is -3.68. The molecule has 3 rings (SSSR count). The maximum atomic E-state index is 11.3. The first kappa shape index (κ1) is 19.5. The Balaban J connectivity index is 1.58. The zero-order valence-electron chi connectivity index (χ0n) is 15.1. The van der Waals surface area contributed by atoms with Gasteiger partial charge in [0, 0.05) is 23.8 Å². The third-order valence-electron chi connectivity index (χ3n) is 3.83. The molecule has 3 aromatic rings. The summed E-state index contributed by atoms with van der Waals surface area (Å²) in [4.78, 5) is 4.49. The molecule has 8 heteroatoms. The van der Waals surface area contributed by atoms with Crippen molar-refractivity contribution in [3.05, 3.63) is 66.0 Å². The predicted octanol–water partition coefficient (Wildman–Crippen LogP) is 3.31. The molecule has 0 aliphatic heterocycles. The SMILES string of the molecule is Cc1cc(C)cc(-n2ccnc2SCCOc2ccc(S(N)(=O)=O)cc2)c1. The van der Waals surface area contributed by atoms with Crippen molar-refractivity contribution >= 4 is 21.8 Å². The van der Waals surface area contributed by atoms with Crippen LogP contribution >= 0.6 is 11.8 Å². The lowest BCUT2D eigenvalue weighted by Crippen LogP contribution is -2.11. The van der Waals surface area contributed by atoms with Crippen molar-refractivity contribution in [3.63, 3.8) is 0 Å². The number of thioether (sulfide) groups is 1. The summed E-state index contributed by atoms with van der Waals surface area (Å²) in [5.41, 5.74) is 3.51. The molecule has 0 atom stereocenters. The number of ether oxygens (including phenoxy) is 1. The molecule has 0 spiro atoms. The van der Waals surface area contributed by atoms with Gasteiger partial charge < -0.3 is 4.74 Å². The molecule has 27 heavy (non-hydrogen) atoms. The summed E-state index contributed by atoms with van der Waals surface area (Å²) in [5.74, 6) is 1.30. The summed E-state index contributed by atoms with van der Waals surface area (Å²) in [6, 6.07) is 12.5. The fraction of sp³-hybridized carbons (Fsp3) is 0.211. The number of hydrogen-bond acceptors (Lipinski definition) is 5. The quantitative estimate of drug-likeness (QED) is 0.483. The van der Waals surface area contributed by atoms with E-state index >= 15 is 0 Å². The first-order chi connectivity index (χ1) is 12.8. The number of hydrogen-bond donors (Lipinski definition) is 1. The minimum absolute atomic E-state index is 0.0692. The summed E-state index contributed by atoms with van der Waals surface area (Å²) in [6.07, 6.45) is 3.73. The van der Waals surface area contributed by atoms with E-state index in [1.807, 2.05) is 6.20 Å². The maximum Gasteiger partial charge on any atom is 0.238 e. The van der Waals surface area contributed by atoms with E-state index in [1.54, 1.807) is 30.1 Å². The highest BCUT2D eigenvalue weighted by Crippen LogP contribution is 2.22. The Hall–Kier alpha value is -2.29. The number of rotatable bonds is 7. The summed E-state index contributed by atoms with van der Waals surface area (Å²) in [5, 5.41) is 5.98. The molecule has 0 fully saturated rings. The van der Waals surface area contributed by atoms with E-state index in [9.17, 15) is 8.42 Å². The van der Waals surface area contributed by atoms with Crippen LogP contribution in [0.2, 0.25) is 0 Å². The third kappa shape index (κ3) is 5.12. The molecule has 0 aliphatic carbocycles. The van der Waals surface area contributed by atoms with E-state index in [-0.39, 0.29) is 4.90 Å². The predicted molar refractivity (Wildman–Crippen MR) is 107 cm³/mol. The van der Waals surface area contributed by atoms with Crippen LogP contribution in [0.4, 0.5) is 0 Å². The Morgan fingerprint density at radius 2 is 1.78 bits per heavy atom. The molecule has 0 bridgehead atoms. The molecule has 0 saturated carbocycles. The topological polar surface area (TPSA) is 87.2 Å². The minimum Gasteiger partial charge on any atom is -0.493 e. The average molecular weight is 404 g/mol. The zero-order valence-corrected chi connectivity index (χ0v) is 16.8. The molecule has 0 radical (unpaired) electrons. The van der Waals surface area contributed by atoms with Crippen molar-refractivity contribution in [2.24, 2.45) is 5.14 Å². The summed E-state index contributed by atoms with van der Waals surface area (Å²) >= 11 is 1.60. The second kappa shape index (κ2) is 8.16. The molecule has 0 saturated heterocycles. The zero-order chi connectivity index (χ0) is 19.4. The summed E-state index contributed by atoms with van der Waals surface area (Å²) < 4.78 is 30.2. The van der Waals surface area contributed by atoms with Gasteiger partial charge in [0.05, 0.1) is 11.5 Å². The van der Waals surface area contributed by atoms with Gasteiger partial charge in [-0.1, -0.05) is 17.8 Å². The molecular formula is C19H21N3O3S2. The fourth-order valence-corrected chi connectivity index (χ4v) is 4.01. The van der Waals surface area contributed by atoms with Crippen LogP contribution in [0.1, 0.15) is 11.1 Å². The van der Waals surface area contributed by atoms with E-state index in [1.165, 1.54) is 23.3 Å². The molecule has 0 amide bonds. The third-order valence-corrected chi connectivity index (χ3v) is 5.69. The largest absolute Gasteiger partial charge is 0.493 e. The second-order valence-electron chi connectivity index (χ2n) is 6.14. The van der Waals surface area contributed by atoms with Crippen LogP contribution in [0.5, 0.6) is 5.75 Å².